The van der Waals surface area contributed by atoms with E-state index in [2.05, 4.69) is 6.92 Å². The molecular weight excluding hydrogens is 403 g/mol. The molecule has 1 saturated heterocycles. The first kappa shape index (κ1) is 20.6. The number of aryl methyl sites for hydroxylation is 2. The fraction of sp³-hybridized carbons (Fsp3) is 0.348. The highest BCUT2D eigenvalue weighted by molar-refractivity contribution is 7.91. The van der Waals surface area contributed by atoms with Gasteiger partial charge in [0, 0.05) is 26.3 Å². The zero-order valence-corrected chi connectivity index (χ0v) is 18.2. The molecule has 0 radical (unpaired) electrons. The highest BCUT2D eigenvalue weighted by Gasteiger charge is 2.25. The van der Waals surface area contributed by atoms with Gasteiger partial charge in [0.15, 0.2) is 0 Å². The largest absolute Gasteiger partial charge is 0.369 e. The van der Waals surface area contributed by atoms with E-state index in [-0.39, 0.29) is 15.2 Å². The van der Waals surface area contributed by atoms with Crippen LogP contribution in [0.4, 0.5) is 10.1 Å². The van der Waals surface area contributed by atoms with Crippen molar-refractivity contribution < 1.29 is 12.8 Å². The molecular formula is C23H25FN2O3S. The first-order valence-corrected chi connectivity index (χ1v) is 11.6. The summed E-state index contributed by atoms with van der Waals surface area (Å²) in [4.78, 5) is 14.8. The number of halogens is 1. The van der Waals surface area contributed by atoms with Crippen LogP contribution < -0.4 is 10.3 Å². The van der Waals surface area contributed by atoms with E-state index in [0.29, 0.717) is 17.1 Å². The van der Waals surface area contributed by atoms with Crippen molar-refractivity contribution in [3.63, 3.8) is 0 Å². The average molecular weight is 429 g/mol. The monoisotopic (exact) mass is 428 g/mol. The minimum atomic E-state index is -4.02. The van der Waals surface area contributed by atoms with Gasteiger partial charge in [-0.25, -0.2) is 12.8 Å². The molecule has 2 heterocycles. The van der Waals surface area contributed by atoms with E-state index in [9.17, 15) is 13.2 Å². The Labute approximate surface area is 175 Å². The number of aromatic nitrogens is 1. The smallest absolute Gasteiger partial charge is 0.211 e. The summed E-state index contributed by atoms with van der Waals surface area (Å²) in [5, 5.41) is 0.0672. The molecule has 158 valence electrons. The van der Waals surface area contributed by atoms with Crippen LogP contribution in [0.25, 0.3) is 10.9 Å². The highest BCUT2D eigenvalue weighted by atomic mass is 32.2. The second kappa shape index (κ2) is 7.54. The number of benzene rings is 2. The van der Waals surface area contributed by atoms with Crippen LogP contribution in [-0.2, 0) is 16.9 Å². The van der Waals surface area contributed by atoms with Crippen LogP contribution >= 0.6 is 0 Å². The van der Waals surface area contributed by atoms with Crippen molar-refractivity contribution in [2.75, 3.05) is 18.0 Å². The third kappa shape index (κ3) is 3.51. The second-order valence-corrected chi connectivity index (χ2v) is 10.2. The Morgan fingerprint density at radius 3 is 2.63 bits per heavy atom. The lowest BCUT2D eigenvalue weighted by Crippen LogP contribution is -2.35. The summed E-state index contributed by atoms with van der Waals surface area (Å²) in [6.07, 6.45) is 3.44. The lowest BCUT2D eigenvalue weighted by atomic mass is 9.99. The number of pyridine rings is 1. The first-order valence-electron chi connectivity index (χ1n) is 10.1. The molecule has 2 aromatic carbocycles. The van der Waals surface area contributed by atoms with Crippen molar-refractivity contribution in [3.05, 3.63) is 64.2 Å². The molecule has 0 aliphatic carbocycles. The Morgan fingerprint density at radius 1 is 1.17 bits per heavy atom. The van der Waals surface area contributed by atoms with Gasteiger partial charge < -0.3 is 9.47 Å². The maximum Gasteiger partial charge on any atom is 0.211 e. The van der Waals surface area contributed by atoms with Gasteiger partial charge in [-0.3, -0.25) is 4.79 Å². The van der Waals surface area contributed by atoms with Crippen LogP contribution in [0.2, 0.25) is 0 Å². The van der Waals surface area contributed by atoms with Gasteiger partial charge in [-0.15, -0.1) is 0 Å². The molecule has 30 heavy (non-hydrogen) atoms. The van der Waals surface area contributed by atoms with E-state index in [1.165, 1.54) is 24.4 Å². The van der Waals surface area contributed by atoms with Crippen molar-refractivity contribution in [2.45, 2.75) is 36.5 Å². The predicted octanol–water partition coefficient (Wildman–Crippen LogP) is 4.06. The first-order chi connectivity index (χ1) is 14.2. The third-order valence-corrected chi connectivity index (χ3v) is 7.56. The molecule has 1 atom stereocenters. The maximum atomic E-state index is 15.0. The average Bonchev–Trinajstić information content (AvgIpc) is 2.70. The molecule has 4 rings (SSSR count). The fourth-order valence-electron chi connectivity index (χ4n) is 4.21. The van der Waals surface area contributed by atoms with Crippen LogP contribution in [0.5, 0.6) is 0 Å². The van der Waals surface area contributed by atoms with Crippen LogP contribution in [-0.4, -0.2) is 26.1 Å². The summed E-state index contributed by atoms with van der Waals surface area (Å²) in [6, 6.07) is 9.26. The number of fused-ring (bicyclic) bond motifs is 1. The van der Waals surface area contributed by atoms with E-state index >= 15 is 4.39 Å². The number of nitrogens with zero attached hydrogens (tertiary/aromatic N) is 2. The molecule has 0 amide bonds. The van der Waals surface area contributed by atoms with Gasteiger partial charge in [-0.1, -0.05) is 19.1 Å². The van der Waals surface area contributed by atoms with Crippen molar-refractivity contribution in [1.29, 1.82) is 0 Å². The van der Waals surface area contributed by atoms with Gasteiger partial charge in [0.1, 0.15) is 10.7 Å². The van der Waals surface area contributed by atoms with E-state index in [1.807, 2.05) is 4.90 Å². The fourth-order valence-corrected chi connectivity index (χ4v) is 5.72. The van der Waals surface area contributed by atoms with E-state index in [4.69, 9.17) is 0 Å². The third-order valence-electron chi connectivity index (χ3n) is 5.81. The second-order valence-electron chi connectivity index (χ2n) is 8.27. The van der Waals surface area contributed by atoms with Crippen LogP contribution in [0, 0.1) is 18.7 Å². The summed E-state index contributed by atoms with van der Waals surface area (Å²) in [6.45, 7) is 5.45. The van der Waals surface area contributed by atoms with E-state index < -0.39 is 21.1 Å². The normalized spacial score (nSPS) is 17.5. The number of rotatable bonds is 3. The van der Waals surface area contributed by atoms with Gasteiger partial charge in [0.2, 0.25) is 15.3 Å². The maximum absolute atomic E-state index is 15.0. The van der Waals surface area contributed by atoms with Gasteiger partial charge in [0.25, 0.3) is 0 Å². The van der Waals surface area contributed by atoms with Gasteiger partial charge in [0.05, 0.1) is 21.5 Å². The molecule has 1 aliphatic heterocycles. The topological polar surface area (TPSA) is 59.4 Å². The quantitative estimate of drug-likeness (QED) is 0.631. The van der Waals surface area contributed by atoms with Gasteiger partial charge >= 0.3 is 0 Å². The van der Waals surface area contributed by atoms with Crippen LogP contribution in [0.1, 0.15) is 25.3 Å². The minimum Gasteiger partial charge on any atom is -0.369 e. The lowest BCUT2D eigenvalue weighted by Gasteiger charge is -2.33. The summed E-state index contributed by atoms with van der Waals surface area (Å²) in [7, 11) is -2.34. The SMILES string of the molecule is Cc1cccc(S(=O)(=O)c2cn(C)c3cc(N4CCC[C@H](C)C4)c(F)cc3c2=O)c1. The predicted molar refractivity (Wildman–Crippen MR) is 116 cm³/mol. The number of hydrogen-bond acceptors (Lipinski definition) is 4. The van der Waals surface area contributed by atoms with Crippen molar-refractivity contribution in [3.8, 4) is 0 Å². The molecule has 0 saturated carbocycles. The number of anilines is 1. The number of hydrogen-bond donors (Lipinski definition) is 0. The summed E-state index contributed by atoms with van der Waals surface area (Å²) < 4.78 is 42.8. The zero-order valence-electron chi connectivity index (χ0n) is 17.4. The Hall–Kier alpha value is -2.67. The molecule has 5 nitrogen and oxygen atoms in total. The molecule has 0 N–H and O–H groups in total. The number of piperidine rings is 1. The van der Waals surface area contributed by atoms with Gasteiger partial charge in [-0.2, -0.15) is 0 Å². The van der Waals surface area contributed by atoms with Crippen molar-refractivity contribution >= 4 is 26.4 Å². The Kier molecular flexibility index (Phi) is 5.18. The van der Waals surface area contributed by atoms with Crippen LogP contribution in [0.15, 0.2) is 57.2 Å². The molecule has 7 heteroatoms. The number of sulfone groups is 1. The van der Waals surface area contributed by atoms with Crippen molar-refractivity contribution in [2.24, 2.45) is 13.0 Å². The summed E-state index contributed by atoms with van der Waals surface area (Å²) in [5.74, 6) is -0.0293. The molecule has 0 unspecified atom stereocenters. The molecule has 1 aliphatic rings. The molecule has 0 bridgehead atoms. The van der Waals surface area contributed by atoms with Gasteiger partial charge in [-0.05, 0) is 55.5 Å². The molecule has 1 aromatic heterocycles. The minimum absolute atomic E-state index is 0.0540. The Bertz CT molecular complexity index is 1300. The van der Waals surface area contributed by atoms with Crippen molar-refractivity contribution in [1.82, 2.24) is 4.57 Å². The van der Waals surface area contributed by atoms with E-state index in [1.54, 1.807) is 36.7 Å². The lowest BCUT2D eigenvalue weighted by molar-refractivity contribution is 0.442. The molecule has 0 spiro atoms. The molecule has 1 fully saturated rings. The molecule has 3 aromatic rings. The Morgan fingerprint density at radius 2 is 1.93 bits per heavy atom. The Balaban J connectivity index is 1.89. The van der Waals surface area contributed by atoms with Crippen LogP contribution in [0.3, 0.4) is 0 Å². The zero-order chi connectivity index (χ0) is 21.6. The summed E-state index contributed by atoms with van der Waals surface area (Å²) >= 11 is 0. The highest BCUT2D eigenvalue weighted by Crippen LogP contribution is 2.30. The standard InChI is InChI=1S/C23H25FN2O3S/c1-15-6-4-8-17(10-15)30(28,29)22-14-25(3)20-12-21(19(24)11-18(20)23(22)27)26-9-5-7-16(2)13-26/h4,6,8,10-12,14,16H,5,7,9,13H2,1-3H3/t16-/m0/s1. The van der Waals surface area contributed by atoms with E-state index in [0.717, 1.165) is 31.5 Å². The summed E-state index contributed by atoms with van der Waals surface area (Å²) in [5.41, 5.74) is 1.07.